The summed E-state index contributed by atoms with van der Waals surface area (Å²) in [6, 6.07) is 11.2. The summed E-state index contributed by atoms with van der Waals surface area (Å²) in [6.07, 6.45) is 0. The van der Waals surface area contributed by atoms with Crippen LogP contribution in [0.4, 0.5) is 11.4 Å². The number of morpholine rings is 1. The molecule has 1 atom stereocenters. The lowest BCUT2D eigenvalue weighted by Gasteiger charge is -2.24. The molecule has 3 rings (SSSR count). The van der Waals surface area contributed by atoms with Crippen LogP contribution >= 0.6 is 0 Å². The van der Waals surface area contributed by atoms with Gasteiger partial charge >= 0.3 is 0 Å². The van der Waals surface area contributed by atoms with E-state index in [0.717, 1.165) is 6.07 Å². The van der Waals surface area contributed by atoms with Gasteiger partial charge in [-0.05, 0) is 24.3 Å². The minimum Gasteiger partial charge on any atom is -0.378 e. The van der Waals surface area contributed by atoms with Gasteiger partial charge in [0.15, 0.2) is 0 Å². The van der Waals surface area contributed by atoms with Crippen LogP contribution in [-0.2, 0) is 14.8 Å². The summed E-state index contributed by atoms with van der Waals surface area (Å²) < 4.78 is 32.3. The highest BCUT2D eigenvalue weighted by Crippen LogP contribution is 2.27. The molecule has 11 heteroatoms. The largest absolute Gasteiger partial charge is 0.378 e. The number of carbonyl (C=O) groups is 1. The van der Waals surface area contributed by atoms with Gasteiger partial charge in [-0.15, -0.1) is 0 Å². The first-order valence-corrected chi connectivity index (χ1v) is 10.3. The maximum absolute atomic E-state index is 12.5. The van der Waals surface area contributed by atoms with Crippen molar-refractivity contribution in [2.24, 2.45) is 0 Å². The number of ether oxygens (including phenoxy) is 1. The molecule has 1 aliphatic rings. The predicted octanol–water partition coefficient (Wildman–Crippen LogP) is 1.11. The second kappa shape index (κ2) is 8.99. The molecule has 0 bridgehead atoms. The van der Waals surface area contributed by atoms with Gasteiger partial charge in [0, 0.05) is 30.8 Å². The predicted molar refractivity (Wildman–Crippen MR) is 105 cm³/mol. The van der Waals surface area contributed by atoms with E-state index < -0.39 is 26.5 Å². The third-order valence-corrected chi connectivity index (χ3v) is 5.61. The van der Waals surface area contributed by atoms with E-state index >= 15 is 0 Å². The molecular formula is C18H20N4O6S. The molecule has 0 aromatic heterocycles. The Morgan fingerprint density at radius 1 is 1.24 bits per heavy atom. The lowest BCUT2D eigenvalue weighted by Crippen LogP contribution is -2.45. The zero-order valence-corrected chi connectivity index (χ0v) is 16.1. The molecule has 0 saturated carbocycles. The van der Waals surface area contributed by atoms with Crippen LogP contribution in [-0.4, -0.2) is 51.6 Å². The number of amides is 1. The second-order valence-electron chi connectivity index (χ2n) is 6.34. The summed E-state index contributed by atoms with van der Waals surface area (Å²) in [5.41, 5.74) is -0.0708. The van der Waals surface area contributed by atoms with Gasteiger partial charge < -0.3 is 15.4 Å². The standard InChI is InChI=1S/C18H20N4O6S/c23-18(13-4-2-1-3-5-13)21-29(26,27)15-6-7-16(17(10-15)22(24)25)20-11-14-12-28-9-8-19-14/h1-7,10,14,19-20H,8-9,11-12H2,(H,21,23). The summed E-state index contributed by atoms with van der Waals surface area (Å²) in [5, 5.41) is 17.6. The number of nitro groups is 1. The number of hydrogen-bond acceptors (Lipinski definition) is 8. The Morgan fingerprint density at radius 2 is 2.00 bits per heavy atom. The molecule has 1 fully saturated rings. The average molecular weight is 420 g/mol. The number of nitro benzene ring substituents is 1. The zero-order chi connectivity index (χ0) is 20.9. The van der Waals surface area contributed by atoms with Crippen molar-refractivity contribution in [3.05, 3.63) is 64.2 Å². The van der Waals surface area contributed by atoms with E-state index in [9.17, 15) is 23.3 Å². The molecule has 1 unspecified atom stereocenters. The molecule has 0 radical (unpaired) electrons. The number of rotatable bonds is 7. The Labute approximate surface area is 167 Å². The molecule has 1 aliphatic heterocycles. The summed E-state index contributed by atoms with van der Waals surface area (Å²) >= 11 is 0. The van der Waals surface area contributed by atoms with Crippen LogP contribution in [0.5, 0.6) is 0 Å². The van der Waals surface area contributed by atoms with Crippen LogP contribution in [0.2, 0.25) is 0 Å². The first-order chi connectivity index (χ1) is 13.9. The number of sulfonamides is 1. The van der Waals surface area contributed by atoms with Crippen molar-refractivity contribution < 1.29 is 22.9 Å². The molecule has 0 aliphatic carbocycles. The molecule has 2 aromatic rings. The average Bonchev–Trinajstić information content (AvgIpc) is 2.73. The Hall–Kier alpha value is -3.02. The van der Waals surface area contributed by atoms with Crippen molar-refractivity contribution >= 4 is 27.3 Å². The number of hydrogen-bond donors (Lipinski definition) is 3. The lowest BCUT2D eigenvalue weighted by molar-refractivity contribution is -0.384. The van der Waals surface area contributed by atoms with Crippen molar-refractivity contribution in [3.8, 4) is 0 Å². The van der Waals surface area contributed by atoms with E-state index in [1.807, 2.05) is 4.72 Å². The maximum Gasteiger partial charge on any atom is 0.293 e. The van der Waals surface area contributed by atoms with Gasteiger partial charge in [0.25, 0.3) is 21.6 Å². The van der Waals surface area contributed by atoms with E-state index in [1.165, 1.54) is 24.3 Å². The van der Waals surface area contributed by atoms with Crippen LogP contribution in [0.1, 0.15) is 10.4 Å². The first kappa shape index (κ1) is 20.7. The molecular weight excluding hydrogens is 400 g/mol. The number of carbonyl (C=O) groups excluding carboxylic acids is 1. The van der Waals surface area contributed by atoms with E-state index in [2.05, 4.69) is 10.6 Å². The first-order valence-electron chi connectivity index (χ1n) is 8.82. The van der Waals surface area contributed by atoms with Crippen LogP contribution in [0.15, 0.2) is 53.4 Å². The Bertz CT molecular complexity index is 991. The highest BCUT2D eigenvalue weighted by atomic mass is 32.2. The van der Waals surface area contributed by atoms with Crippen molar-refractivity contribution in [1.29, 1.82) is 0 Å². The quantitative estimate of drug-likeness (QED) is 0.447. The third kappa shape index (κ3) is 5.28. The fourth-order valence-electron chi connectivity index (χ4n) is 2.79. The normalized spacial score (nSPS) is 16.8. The fraction of sp³-hybridized carbons (Fsp3) is 0.278. The molecule has 154 valence electrons. The summed E-state index contributed by atoms with van der Waals surface area (Å²) in [5.74, 6) is -0.821. The molecule has 10 nitrogen and oxygen atoms in total. The highest BCUT2D eigenvalue weighted by Gasteiger charge is 2.24. The van der Waals surface area contributed by atoms with Crippen LogP contribution in [0.3, 0.4) is 0 Å². The minimum absolute atomic E-state index is 0.0167. The minimum atomic E-state index is -4.28. The maximum atomic E-state index is 12.5. The number of benzene rings is 2. The van der Waals surface area contributed by atoms with Crippen molar-refractivity contribution in [1.82, 2.24) is 10.0 Å². The van der Waals surface area contributed by atoms with E-state index in [-0.39, 0.29) is 22.2 Å². The third-order valence-electron chi connectivity index (χ3n) is 4.28. The zero-order valence-electron chi connectivity index (χ0n) is 15.3. The fourth-order valence-corrected chi connectivity index (χ4v) is 3.79. The van der Waals surface area contributed by atoms with Gasteiger partial charge in [-0.1, -0.05) is 18.2 Å². The highest BCUT2D eigenvalue weighted by molar-refractivity contribution is 7.90. The van der Waals surface area contributed by atoms with E-state index in [1.54, 1.807) is 18.2 Å². The SMILES string of the molecule is O=C(NS(=O)(=O)c1ccc(NCC2COCCN2)c([N+](=O)[O-])c1)c1ccccc1. The summed E-state index contributed by atoms with van der Waals surface area (Å²) in [6.45, 7) is 2.14. The van der Waals surface area contributed by atoms with Gasteiger partial charge in [-0.3, -0.25) is 14.9 Å². The van der Waals surface area contributed by atoms with Gasteiger partial charge in [-0.25, -0.2) is 13.1 Å². The van der Waals surface area contributed by atoms with Crippen molar-refractivity contribution in [2.75, 3.05) is 31.6 Å². The van der Waals surface area contributed by atoms with Crippen molar-refractivity contribution in [2.45, 2.75) is 10.9 Å². The Kier molecular flexibility index (Phi) is 6.42. The Morgan fingerprint density at radius 3 is 2.66 bits per heavy atom. The van der Waals surface area contributed by atoms with E-state index in [0.29, 0.717) is 26.3 Å². The van der Waals surface area contributed by atoms with Crippen LogP contribution in [0, 0.1) is 10.1 Å². The van der Waals surface area contributed by atoms with Gasteiger partial charge in [0.2, 0.25) is 0 Å². The molecule has 3 N–H and O–H groups in total. The van der Waals surface area contributed by atoms with Gasteiger partial charge in [-0.2, -0.15) is 0 Å². The van der Waals surface area contributed by atoms with Crippen LogP contribution in [0.25, 0.3) is 0 Å². The lowest BCUT2D eigenvalue weighted by atomic mass is 10.2. The monoisotopic (exact) mass is 420 g/mol. The Balaban J connectivity index is 1.77. The van der Waals surface area contributed by atoms with E-state index in [4.69, 9.17) is 4.74 Å². The number of nitrogens with zero attached hydrogens (tertiary/aromatic N) is 1. The molecule has 2 aromatic carbocycles. The smallest absolute Gasteiger partial charge is 0.293 e. The van der Waals surface area contributed by atoms with Crippen molar-refractivity contribution in [3.63, 3.8) is 0 Å². The molecule has 1 amide bonds. The topological polar surface area (TPSA) is 140 Å². The van der Waals surface area contributed by atoms with Crippen LogP contribution < -0.4 is 15.4 Å². The summed E-state index contributed by atoms with van der Waals surface area (Å²) in [4.78, 5) is 22.5. The number of anilines is 1. The van der Waals surface area contributed by atoms with Gasteiger partial charge in [0.1, 0.15) is 5.69 Å². The molecule has 1 saturated heterocycles. The second-order valence-corrected chi connectivity index (χ2v) is 8.03. The van der Waals surface area contributed by atoms with Gasteiger partial charge in [0.05, 0.1) is 23.0 Å². The molecule has 29 heavy (non-hydrogen) atoms. The number of nitrogens with one attached hydrogen (secondary N) is 3. The molecule has 1 heterocycles. The molecule has 0 spiro atoms. The summed E-state index contributed by atoms with van der Waals surface area (Å²) in [7, 11) is -4.28.